The minimum absolute atomic E-state index is 0.282. The van der Waals surface area contributed by atoms with Crippen molar-refractivity contribution in [1.82, 2.24) is 4.72 Å². The van der Waals surface area contributed by atoms with E-state index in [1.807, 2.05) is 13.8 Å². The van der Waals surface area contributed by atoms with Crippen molar-refractivity contribution in [2.24, 2.45) is 0 Å². The molecule has 1 N–H and O–H groups in total. The van der Waals surface area contributed by atoms with Crippen LogP contribution in [0.25, 0.3) is 0 Å². The molecule has 0 saturated carbocycles. The fourth-order valence-electron chi connectivity index (χ4n) is 4.00. The van der Waals surface area contributed by atoms with Crippen LogP contribution in [0, 0.1) is 13.8 Å². The number of benzene rings is 2. The normalized spacial score (nSPS) is 15.2. The second kappa shape index (κ2) is 9.63. The third-order valence-corrected chi connectivity index (χ3v) is 7.00. The van der Waals surface area contributed by atoms with Gasteiger partial charge in [0, 0.05) is 25.3 Å². The molecule has 5 nitrogen and oxygen atoms in total. The first-order chi connectivity index (χ1) is 13.9. The lowest BCUT2D eigenvalue weighted by Crippen LogP contribution is -2.26. The molecule has 2 aromatic carbocycles. The van der Waals surface area contributed by atoms with Crippen molar-refractivity contribution in [1.29, 1.82) is 0 Å². The number of nitrogens with one attached hydrogen (secondary N) is 1. The molecule has 1 saturated heterocycles. The standard InChI is InChI=1S/C23H32N2O3S/c1-18-16-22(17-19(2)23(18)28-3)29(26,27)24-13-12-20-8-10-21(11-9-20)25-14-6-4-5-7-15-25/h8-11,16-17,24H,4-7,12-15H2,1-3H3. The number of methoxy groups -OCH3 is 1. The van der Waals surface area contributed by atoms with Crippen molar-refractivity contribution >= 4 is 15.7 Å². The molecule has 6 heteroatoms. The molecule has 0 unspecified atom stereocenters. The Balaban J connectivity index is 1.59. The zero-order valence-electron chi connectivity index (χ0n) is 17.7. The molecule has 1 fully saturated rings. The Labute approximate surface area is 175 Å². The van der Waals surface area contributed by atoms with E-state index in [2.05, 4.69) is 33.9 Å². The highest BCUT2D eigenvalue weighted by molar-refractivity contribution is 7.89. The van der Waals surface area contributed by atoms with Crippen LogP contribution in [0.5, 0.6) is 5.75 Å². The highest BCUT2D eigenvalue weighted by Crippen LogP contribution is 2.26. The highest BCUT2D eigenvalue weighted by atomic mass is 32.2. The molecule has 1 aliphatic rings. The topological polar surface area (TPSA) is 58.6 Å². The minimum Gasteiger partial charge on any atom is -0.496 e. The maximum atomic E-state index is 12.7. The summed E-state index contributed by atoms with van der Waals surface area (Å²) in [5.74, 6) is 0.730. The predicted octanol–water partition coefficient (Wildman–Crippen LogP) is 4.21. The van der Waals surface area contributed by atoms with Crippen LogP contribution < -0.4 is 14.4 Å². The number of anilines is 1. The number of nitrogens with zero attached hydrogens (tertiary/aromatic N) is 1. The molecule has 0 spiro atoms. The quantitative estimate of drug-likeness (QED) is 0.734. The van der Waals surface area contributed by atoms with Gasteiger partial charge in [0.25, 0.3) is 0 Å². The van der Waals surface area contributed by atoms with Crippen LogP contribution in [0.1, 0.15) is 42.4 Å². The Hall–Kier alpha value is -2.05. The van der Waals surface area contributed by atoms with Crippen LogP contribution in [-0.4, -0.2) is 35.2 Å². The summed E-state index contributed by atoms with van der Waals surface area (Å²) in [7, 11) is -1.95. The Bertz CT molecular complexity index is 893. The SMILES string of the molecule is COc1c(C)cc(S(=O)(=O)NCCc2ccc(N3CCCCCC3)cc2)cc1C. The Morgan fingerprint density at radius 1 is 0.966 bits per heavy atom. The smallest absolute Gasteiger partial charge is 0.240 e. The van der Waals surface area contributed by atoms with Gasteiger partial charge in [0.05, 0.1) is 12.0 Å². The number of sulfonamides is 1. The summed E-state index contributed by atoms with van der Waals surface area (Å²) in [6, 6.07) is 11.8. The van der Waals surface area contributed by atoms with Crippen molar-refractivity contribution in [2.75, 3.05) is 31.6 Å². The summed E-state index contributed by atoms with van der Waals surface area (Å²) in [6.07, 6.45) is 5.82. The zero-order valence-corrected chi connectivity index (χ0v) is 18.5. The first kappa shape index (κ1) is 21.7. The molecule has 1 aliphatic heterocycles. The number of hydrogen-bond acceptors (Lipinski definition) is 4. The van der Waals surface area contributed by atoms with Crippen molar-refractivity contribution < 1.29 is 13.2 Å². The monoisotopic (exact) mass is 416 g/mol. The summed E-state index contributed by atoms with van der Waals surface area (Å²) in [5, 5.41) is 0. The van der Waals surface area contributed by atoms with Gasteiger partial charge in [-0.15, -0.1) is 0 Å². The first-order valence-corrected chi connectivity index (χ1v) is 11.9. The molecule has 0 amide bonds. The van der Waals surface area contributed by atoms with Gasteiger partial charge in [-0.05, 0) is 74.1 Å². The second-order valence-electron chi connectivity index (χ2n) is 7.81. The van der Waals surface area contributed by atoms with Crippen LogP contribution in [0.2, 0.25) is 0 Å². The number of aryl methyl sites for hydroxylation is 2. The molecule has 3 rings (SSSR count). The third kappa shape index (κ3) is 5.52. The van der Waals surface area contributed by atoms with E-state index in [-0.39, 0.29) is 4.90 Å². The van der Waals surface area contributed by atoms with E-state index in [0.717, 1.165) is 35.5 Å². The van der Waals surface area contributed by atoms with E-state index in [1.54, 1.807) is 19.2 Å². The molecule has 0 aliphatic carbocycles. The van der Waals surface area contributed by atoms with Gasteiger partial charge >= 0.3 is 0 Å². The van der Waals surface area contributed by atoms with Crippen LogP contribution in [0.15, 0.2) is 41.3 Å². The predicted molar refractivity (Wildman–Crippen MR) is 118 cm³/mol. The van der Waals surface area contributed by atoms with Crippen LogP contribution in [-0.2, 0) is 16.4 Å². The lowest BCUT2D eigenvalue weighted by Gasteiger charge is -2.22. The summed E-state index contributed by atoms with van der Waals surface area (Å²) in [4.78, 5) is 2.73. The largest absolute Gasteiger partial charge is 0.496 e. The fraction of sp³-hybridized carbons (Fsp3) is 0.478. The van der Waals surface area contributed by atoms with E-state index < -0.39 is 10.0 Å². The first-order valence-electron chi connectivity index (χ1n) is 10.4. The highest BCUT2D eigenvalue weighted by Gasteiger charge is 2.17. The average molecular weight is 417 g/mol. The molecule has 0 bridgehead atoms. The summed E-state index contributed by atoms with van der Waals surface area (Å²) < 4.78 is 33.4. The second-order valence-corrected chi connectivity index (χ2v) is 9.57. The molecule has 29 heavy (non-hydrogen) atoms. The van der Waals surface area contributed by atoms with Crippen molar-refractivity contribution in [3.05, 3.63) is 53.1 Å². The van der Waals surface area contributed by atoms with E-state index in [1.165, 1.54) is 31.4 Å². The molecule has 158 valence electrons. The molecule has 2 aromatic rings. The van der Waals surface area contributed by atoms with Gasteiger partial charge in [0.2, 0.25) is 10.0 Å². The summed E-state index contributed by atoms with van der Waals surface area (Å²) in [6.45, 7) is 6.34. The molecule has 0 aromatic heterocycles. The molecular weight excluding hydrogens is 384 g/mol. The molecular formula is C23H32N2O3S. The van der Waals surface area contributed by atoms with Crippen molar-refractivity contribution in [3.8, 4) is 5.75 Å². The molecule has 1 heterocycles. The van der Waals surface area contributed by atoms with Gasteiger partial charge in [-0.1, -0.05) is 25.0 Å². The van der Waals surface area contributed by atoms with Crippen molar-refractivity contribution in [3.63, 3.8) is 0 Å². The van der Waals surface area contributed by atoms with Crippen LogP contribution in [0.4, 0.5) is 5.69 Å². The lowest BCUT2D eigenvalue weighted by atomic mass is 10.1. The maximum Gasteiger partial charge on any atom is 0.240 e. The lowest BCUT2D eigenvalue weighted by molar-refractivity contribution is 0.408. The van der Waals surface area contributed by atoms with Gasteiger partial charge in [0.15, 0.2) is 0 Å². The number of ether oxygens (including phenoxy) is 1. The number of rotatable bonds is 7. The van der Waals surface area contributed by atoms with E-state index in [0.29, 0.717) is 13.0 Å². The maximum absolute atomic E-state index is 12.7. The van der Waals surface area contributed by atoms with Crippen molar-refractivity contribution in [2.45, 2.75) is 50.8 Å². The minimum atomic E-state index is -3.54. The van der Waals surface area contributed by atoms with Gasteiger partial charge in [-0.25, -0.2) is 13.1 Å². The summed E-state index contributed by atoms with van der Waals surface area (Å²) >= 11 is 0. The summed E-state index contributed by atoms with van der Waals surface area (Å²) in [5.41, 5.74) is 4.03. The Morgan fingerprint density at radius 3 is 2.10 bits per heavy atom. The zero-order chi connectivity index (χ0) is 20.9. The third-order valence-electron chi connectivity index (χ3n) is 5.56. The average Bonchev–Trinajstić information content (AvgIpc) is 2.98. The van der Waals surface area contributed by atoms with Crippen LogP contribution >= 0.6 is 0 Å². The van der Waals surface area contributed by atoms with E-state index in [4.69, 9.17) is 4.74 Å². The van der Waals surface area contributed by atoms with Gasteiger partial charge in [-0.2, -0.15) is 0 Å². The van der Waals surface area contributed by atoms with E-state index in [9.17, 15) is 8.42 Å². The molecule has 0 radical (unpaired) electrons. The van der Waals surface area contributed by atoms with Gasteiger partial charge < -0.3 is 9.64 Å². The van der Waals surface area contributed by atoms with E-state index >= 15 is 0 Å². The van der Waals surface area contributed by atoms with Gasteiger partial charge in [0.1, 0.15) is 5.75 Å². The van der Waals surface area contributed by atoms with Gasteiger partial charge in [-0.3, -0.25) is 0 Å². The number of hydrogen-bond donors (Lipinski definition) is 1. The Morgan fingerprint density at radius 2 is 1.55 bits per heavy atom. The Kier molecular flexibility index (Phi) is 7.19. The fourth-order valence-corrected chi connectivity index (χ4v) is 5.20. The van der Waals surface area contributed by atoms with Crippen LogP contribution in [0.3, 0.4) is 0 Å². The molecule has 0 atom stereocenters.